The third kappa shape index (κ3) is 2.72. The van der Waals surface area contributed by atoms with E-state index in [1.807, 2.05) is 72.3 Å². The monoisotopic (exact) mass is 368 g/mol. The number of hydrogen-bond acceptors (Lipinski definition) is 4. The molecule has 3 heterocycles. The molecular weight excluding hydrogens is 352 g/mol. The van der Waals surface area contributed by atoms with Crippen LogP contribution in [-0.4, -0.2) is 20.4 Å². The SMILES string of the molecule is Cc1onc(-c2ccccc2)c1-c1cn2ccc(C(=O)NC3=CC=C3)cc2n1. The number of nitrogens with one attached hydrogen (secondary N) is 1. The minimum atomic E-state index is -0.159. The van der Waals surface area contributed by atoms with Crippen LogP contribution < -0.4 is 5.32 Å². The molecule has 0 saturated heterocycles. The minimum absolute atomic E-state index is 0.159. The molecule has 0 saturated carbocycles. The standard InChI is InChI=1S/C22H16N4O2/c1-14-20(21(25-28-14)15-6-3-2-4-7-15)18-13-26-11-10-16(12-19(26)24-18)22(27)23-17-8-5-9-17/h2-13H,1H3,(H,23,27). The van der Waals surface area contributed by atoms with Crippen molar-refractivity contribution >= 4 is 11.6 Å². The fourth-order valence-corrected chi connectivity index (χ4v) is 3.19. The van der Waals surface area contributed by atoms with Gasteiger partial charge in [0.05, 0.1) is 11.3 Å². The highest BCUT2D eigenvalue weighted by molar-refractivity contribution is 5.96. The summed E-state index contributed by atoms with van der Waals surface area (Å²) in [5.41, 5.74) is 5.36. The van der Waals surface area contributed by atoms with Gasteiger partial charge in [-0.1, -0.05) is 41.6 Å². The van der Waals surface area contributed by atoms with Crippen LogP contribution in [0.15, 0.2) is 83.3 Å². The highest BCUT2D eigenvalue weighted by Crippen LogP contribution is 2.33. The Labute approximate surface area is 160 Å². The average Bonchev–Trinajstić information content (AvgIpc) is 3.27. The Hall–Kier alpha value is -3.93. The number of aromatic nitrogens is 3. The third-order valence-corrected chi connectivity index (χ3v) is 4.70. The van der Waals surface area contributed by atoms with E-state index in [1.165, 1.54) is 0 Å². The lowest BCUT2D eigenvalue weighted by molar-refractivity contribution is 0.0967. The Balaban J connectivity index is 1.54. The molecule has 0 bridgehead atoms. The number of benzene rings is 1. The molecule has 136 valence electrons. The molecule has 0 unspecified atom stereocenters. The molecule has 6 nitrogen and oxygen atoms in total. The van der Waals surface area contributed by atoms with E-state index in [4.69, 9.17) is 9.51 Å². The van der Waals surface area contributed by atoms with E-state index in [1.54, 1.807) is 12.1 Å². The molecule has 6 heteroatoms. The minimum Gasteiger partial charge on any atom is -0.360 e. The summed E-state index contributed by atoms with van der Waals surface area (Å²) in [4.78, 5) is 17.1. The Bertz CT molecular complexity index is 1260. The van der Waals surface area contributed by atoms with Crippen LogP contribution in [0, 0.1) is 6.92 Å². The topological polar surface area (TPSA) is 72.4 Å². The number of fused-ring (bicyclic) bond motifs is 1. The van der Waals surface area contributed by atoms with Crippen LogP contribution in [-0.2, 0) is 0 Å². The number of imidazole rings is 1. The van der Waals surface area contributed by atoms with Crippen LogP contribution in [0.1, 0.15) is 16.1 Å². The number of allylic oxidation sites excluding steroid dienone is 3. The summed E-state index contributed by atoms with van der Waals surface area (Å²) in [6, 6.07) is 13.4. The number of carbonyl (C=O) groups excluding carboxylic acids is 1. The number of aryl methyl sites for hydroxylation is 1. The molecular formula is C22H16N4O2. The fourth-order valence-electron chi connectivity index (χ4n) is 3.19. The Morgan fingerprint density at radius 2 is 2.00 bits per heavy atom. The van der Waals surface area contributed by atoms with E-state index < -0.39 is 0 Å². The average molecular weight is 368 g/mol. The number of pyridine rings is 1. The molecule has 0 aliphatic heterocycles. The third-order valence-electron chi connectivity index (χ3n) is 4.70. The van der Waals surface area contributed by atoms with Crippen molar-refractivity contribution in [1.29, 1.82) is 0 Å². The van der Waals surface area contributed by atoms with Gasteiger partial charge in [-0.3, -0.25) is 4.79 Å². The van der Waals surface area contributed by atoms with Crippen LogP contribution in [0.5, 0.6) is 0 Å². The zero-order valence-electron chi connectivity index (χ0n) is 15.1. The van der Waals surface area contributed by atoms with Crippen molar-refractivity contribution < 1.29 is 9.32 Å². The van der Waals surface area contributed by atoms with Gasteiger partial charge < -0.3 is 14.2 Å². The number of carbonyl (C=O) groups is 1. The summed E-state index contributed by atoms with van der Waals surface area (Å²) in [5, 5.41) is 7.07. The zero-order chi connectivity index (χ0) is 19.1. The fraction of sp³-hybridized carbons (Fsp3) is 0.0455. The molecule has 0 atom stereocenters. The number of nitrogens with zero attached hydrogens (tertiary/aromatic N) is 3. The molecule has 1 N–H and O–H groups in total. The number of hydrogen-bond donors (Lipinski definition) is 1. The van der Waals surface area contributed by atoms with Crippen LogP contribution in [0.3, 0.4) is 0 Å². The van der Waals surface area contributed by atoms with Gasteiger partial charge in [-0.2, -0.15) is 0 Å². The highest BCUT2D eigenvalue weighted by Gasteiger charge is 2.19. The molecule has 0 radical (unpaired) electrons. The Morgan fingerprint density at radius 1 is 1.18 bits per heavy atom. The quantitative estimate of drug-likeness (QED) is 0.587. The zero-order valence-corrected chi connectivity index (χ0v) is 15.1. The molecule has 0 fully saturated rings. The van der Waals surface area contributed by atoms with Crippen LogP contribution in [0.4, 0.5) is 0 Å². The second-order valence-corrected chi connectivity index (χ2v) is 6.57. The Morgan fingerprint density at radius 3 is 2.75 bits per heavy atom. The normalized spacial score (nSPS) is 12.7. The van der Waals surface area contributed by atoms with E-state index in [0.29, 0.717) is 17.0 Å². The molecule has 4 aromatic rings. The second-order valence-electron chi connectivity index (χ2n) is 6.57. The highest BCUT2D eigenvalue weighted by atomic mass is 16.5. The molecule has 28 heavy (non-hydrogen) atoms. The van der Waals surface area contributed by atoms with Crippen molar-refractivity contribution in [3.05, 3.63) is 90.1 Å². The predicted molar refractivity (Wildman–Crippen MR) is 106 cm³/mol. The molecule has 1 aliphatic carbocycles. The summed E-state index contributed by atoms with van der Waals surface area (Å²) in [6.07, 6.45) is 9.33. The second kappa shape index (κ2) is 6.35. The summed E-state index contributed by atoms with van der Waals surface area (Å²) in [5.74, 6) is 0.540. The number of amides is 1. The maximum atomic E-state index is 12.4. The first-order chi connectivity index (χ1) is 13.7. The maximum Gasteiger partial charge on any atom is 0.255 e. The van der Waals surface area contributed by atoms with Crippen LogP contribution >= 0.6 is 0 Å². The van der Waals surface area contributed by atoms with Crippen molar-refractivity contribution in [3.8, 4) is 22.5 Å². The summed E-state index contributed by atoms with van der Waals surface area (Å²) < 4.78 is 7.33. The smallest absolute Gasteiger partial charge is 0.255 e. The first-order valence-corrected chi connectivity index (χ1v) is 8.89. The first kappa shape index (κ1) is 16.3. The molecule has 0 spiro atoms. The first-order valence-electron chi connectivity index (χ1n) is 8.89. The van der Waals surface area contributed by atoms with E-state index in [9.17, 15) is 4.79 Å². The van der Waals surface area contributed by atoms with Gasteiger partial charge in [0, 0.05) is 29.2 Å². The van der Waals surface area contributed by atoms with Gasteiger partial charge in [-0.05, 0) is 31.2 Å². The van der Waals surface area contributed by atoms with Gasteiger partial charge in [0.25, 0.3) is 5.91 Å². The van der Waals surface area contributed by atoms with Gasteiger partial charge in [0.2, 0.25) is 0 Å². The summed E-state index contributed by atoms with van der Waals surface area (Å²) >= 11 is 0. The van der Waals surface area contributed by atoms with Gasteiger partial charge >= 0.3 is 0 Å². The molecule has 3 aromatic heterocycles. The van der Waals surface area contributed by atoms with Crippen molar-refractivity contribution in [1.82, 2.24) is 19.9 Å². The van der Waals surface area contributed by atoms with Gasteiger partial charge in [0.15, 0.2) is 0 Å². The van der Waals surface area contributed by atoms with Crippen molar-refractivity contribution in [2.24, 2.45) is 0 Å². The lowest BCUT2D eigenvalue weighted by Gasteiger charge is -2.09. The van der Waals surface area contributed by atoms with Crippen molar-refractivity contribution in [2.45, 2.75) is 6.92 Å². The van der Waals surface area contributed by atoms with Gasteiger partial charge in [0.1, 0.15) is 17.1 Å². The van der Waals surface area contributed by atoms with Crippen LogP contribution in [0.25, 0.3) is 28.2 Å². The van der Waals surface area contributed by atoms with Crippen molar-refractivity contribution in [2.75, 3.05) is 0 Å². The molecule has 1 aromatic carbocycles. The van der Waals surface area contributed by atoms with E-state index in [0.717, 1.165) is 28.2 Å². The summed E-state index contributed by atoms with van der Waals surface area (Å²) in [7, 11) is 0. The lowest BCUT2D eigenvalue weighted by Crippen LogP contribution is -2.23. The largest absolute Gasteiger partial charge is 0.360 e. The van der Waals surface area contributed by atoms with Gasteiger partial charge in [-0.25, -0.2) is 4.98 Å². The lowest BCUT2D eigenvalue weighted by atomic mass is 10.0. The summed E-state index contributed by atoms with van der Waals surface area (Å²) in [6.45, 7) is 1.87. The predicted octanol–water partition coefficient (Wildman–Crippen LogP) is 4.15. The maximum absolute atomic E-state index is 12.4. The van der Waals surface area contributed by atoms with Gasteiger partial charge in [-0.15, -0.1) is 0 Å². The molecule has 1 aliphatic rings. The van der Waals surface area contributed by atoms with E-state index in [2.05, 4.69) is 10.5 Å². The van der Waals surface area contributed by atoms with Crippen molar-refractivity contribution in [3.63, 3.8) is 0 Å². The van der Waals surface area contributed by atoms with Crippen LogP contribution in [0.2, 0.25) is 0 Å². The molecule has 1 amide bonds. The number of rotatable bonds is 4. The molecule has 5 rings (SSSR count). The Kier molecular flexibility index (Phi) is 3.69. The van der Waals surface area contributed by atoms with E-state index in [-0.39, 0.29) is 5.91 Å². The van der Waals surface area contributed by atoms with E-state index >= 15 is 0 Å².